The highest BCUT2D eigenvalue weighted by Crippen LogP contribution is 2.27. The molecule has 0 amide bonds. The van der Waals surface area contributed by atoms with Crippen LogP contribution in [0.2, 0.25) is 10.0 Å². The maximum absolute atomic E-state index is 6.00. The fraction of sp³-hybridized carbons (Fsp3) is 0.417. The monoisotopic (exact) mass is 284 g/mol. The summed E-state index contributed by atoms with van der Waals surface area (Å²) in [6.07, 6.45) is 0. The zero-order valence-electron chi connectivity index (χ0n) is 10.0. The number of H-pyrrole nitrogens is 1. The van der Waals surface area contributed by atoms with Gasteiger partial charge in [-0.05, 0) is 19.2 Å². The first-order chi connectivity index (χ1) is 8.63. The van der Waals surface area contributed by atoms with Crippen molar-refractivity contribution in [2.75, 3.05) is 26.7 Å². The van der Waals surface area contributed by atoms with Crippen LogP contribution in [0.1, 0.15) is 11.9 Å². The van der Waals surface area contributed by atoms with Gasteiger partial charge in [0.05, 0.1) is 27.1 Å². The van der Waals surface area contributed by atoms with Crippen LogP contribution >= 0.6 is 23.2 Å². The molecule has 6 heteroatoms. The number of halogens is 2. The van der Waals surface area contributed by atoms with Gasteiger partial charge in [0, 0.05) is 19.6 Å². The van der Waals surface area contributed by atoms with Crippen molar-refractivity contribution >= 4 is 34.2 Å². The highest BCUT2D eigenvalue weighted by molar-refractivity contribution is 6.42. The minimum Gasteiger partial charge on any atom is -0.341 e. The van der Waals surface area contributed by atoms with Crippen LogP contribution < -0.4 is 5.32 Å². The second-order valence-electron chi connectivity index (χ2n) is 4.67. The molecule has 0 radical (unpaired) electrons. The normalized spacial score (nSPS) is 21.6. The molecule has 0 aliphatic carbocycles. The Labute approximate surface area is 115 Å². The first-order valence-electron chi connectivity index (χ1n) is 5.90. The van der Waals surface area contributed by atoms with Crippen molar-refractivity contribution in [2.45, 2.75) is 6.04 Å². The molecule has 1 saturated heterocycles. The fourth-order valence-electron chi connectivity index (χ4n) is 2.27. The van der Waals surface area contributed by atoms with E-state index in [0.29, 0.717) is 10.0 Å². The Morgan fingerprint density at radius 3 is 2.89 bits per heavy atom. The van der Waals surface area contributed by atoms with Gasteiger partial charge in [0.2, 0.25) is 0 Å². The number of piperazine rings is 1. The predicted octanol–water partition coefficient (Wildman–Crippen LogP) is 2.45. The highest BCUT2D eigenvalue weighted by atomic mass is 35.5. The number of imidazole rings is 1. The Morgan fingerprint density at radius 1 is 1.33 bits per heavy atom. The smallest absolute Gasteiger partial charge is 0.125 e. The molecule has 2 aromatic rings. The standard InChI is InChI=1S/C12H14Cl2N4/c1-18-3-2-15-11(6-18)12-16-9-4-7(13)8(14)5-10(9)17-12/h4-5,11,15H,2-3,6H2,1H3,(H,16,17). The van der Waals surface area contributed by atoms with Gasteiger partial charge in [-0.1, -0.05) is 23.2 Å². The number of benzene rings is 1. The molecule has 2 heterocycles. The van der Waals surface area contributed by atoms with E-state index in [4.69, 9.17) is 23.2 Å². The van der Waals surface area contributed by atoms with E-state index >= 15 is 0 Å². The van der Waals surface area contributed by atoms with Gasteiger partial charge in [-0.15, -0.1) is 0 Å². The molecule has 0 spiro atoms. The van der Waals surface area contributed by atoms with Gasteiger partial charge in [-0.3, -0.25) is 0 Å². The summed E-state index contributed by atoms with van der Waals surface area (Å²) in [5, 5.41) is 4.54. The first kappa shape index (κ1) is 12.2. The molecule has 2 N–H and O–H groups in total. The molecule has 1 aliphatic rings. The molecule has 3 rings (SSSR count). The van der Waals surface area contributed by atoms with Gasteiger partial charge in [0.25, 0.3) is 0 Å². The predicted molar refractivity (Wildman–Crippen MR) is 74.4 cm³/mol. The van der Waals surface area contributed by atoms with Crippen LogP contribution in [-0.4, -0.2) is 41.5 Å². The quantitative estimate of drug-likeness (QED) is 0.846. The Bertz CT molecular complexity index is 542. The van der Waals surface area contributed by atoms with Crippen molar-refractivity contribution in [3.63, 3.8) is 0 Å². The summed E-state index contributed by atoms with van der Waals surface area (Å²) in [5.41, 5.74) is 1.78. The highest BCUT2D eigenvalue weighted by Gasteiger charge is 2.21. The number of hydrogen-bond donors (Lipinski definition) is 2. The van der Waals surface area contributed by atoms with Crippen LogP contribution in [0.3, 0.4) is 0 Å². The number of nitrogens with one attached hydrogen (secondary N) is 2. The van der Waals surface area contributed by atoms with E-state index in [-0.39, 0.29) is 6.04 Å². The van der Waals surface area contributed by atoms with Crippen molar-refractivity contribution in [3.8, 4) is 0 Å². The van der Waals surface area contributed by atoms with Gasteiger partial charge >= 0.3 is 0 Å². The van der Waals surface area contributed by atoms with E-state index in [2.05, 4.69) is 27.2 Å². The average molecular weight is 285 g/mol. The number of fused-ring (bicyclic) bond motifs is 1. The third-order valence-electron chi connectivity index (χ3n) is 3.25. The molecule has 4 nitrogen and oxygen atoms in total. The third kappa shape index (κ3) is 2.21. The van der Waals surface area contributed by atoms with Crippen molar-refractivity contribution in [1.29, 1.82) is 0 Å². The molecule has 0 bridgehead atoms. The number of rotatable bonds is 1. The van der Waals surface area contributed by atoms with Crippen LogP contribution in [0.4, 0.5) is 0 Å². The molecule has 1 atom stereocenters. The molecule has 96 valence electrons. The van der Waals surface area contributed by atoms with Gasteiger partial charge in [0.15, 0.2) is 0 Å². The molecule has 1 unspecified atom stereocenters. The van der Waals surface area contributed by atoms with Crippen molar-refractivity contribution in [2.24, 2.45) is 0 Å². The summed E-state index contributed by atoms with van der Waals surface area (Å²) in [6.45, 7) is 2.98. The van der Waals surface area contributed by atoms with E-state index in [1.54, 1.807) is 6.07 Å². The summed E-state index contributed by atoms with van der Waals surface area (Å²) in [7, 11) is 2.12. The summed E-state index contributed by atoms with van der Waals surface area (Å²) in [4.78, 5) is 10.2. The van der Waals surface area contributed by atoms with Crippen molar-refractivity contribution in [1.82, 2.24) is 20.2 Å². The zero-order chi connectivity index (χ0) is 12.7. The molecule has 1 aliphatic heterocycles. The Morgan fingerprint density at radius 2 is 2.11 bits per heavy atom. The van der Waals surface area contributed by atoms with E-state index in [1.807, 2.05) is 6.07 Å². The maximum Gasteiger partial charge on any atom is 0.125 e. The molecule has 1 fully saturated rings. The van der Waals surface area contributed by atoms with Crippen LogP contribution in [-0.2, 0) is 0 Å². The molecular weight excluding hydrogens is 271 g/mol. The maximum atomic E-state index is 6.00. The zero-order valence-corrected chi connectivity index (χ0v) is 11.5. The van der Waals surface area contributed by atoms with Gasteiger partial charge in [-0.25, -0.2) is 4.98 Å². The third-order valence-corrected chi connectivity index (χ3v) is 3.97. The SMILES string of the molecule is CN1CCNC(c2nc3cc(Cl)c(Cl)cc3[nH]2)C1. The minimum absolute atomic E-state index is 0.230. The largest absolute Gasteiger partial charge is 0.341 e. The van der Waals surface area contributed by atoms with E-state index in [1.165, 1.54) is 0 Å². The lowest BCUT2D eigenvalue weighted by Crippen LogP contribution is -2.44. The number of hydrogen-bond acceptors (Lipinski definition) is 3. The second kappa shape index (κ2) is 4.70. The first-order valence-corrected chi connectivity index (χ1v) is 6.65. The molecule has 1 aromatic heterocycles. The Kier molecular flexibility index (Phi) is 3.20. The number of aromatic nitrogens is 2. The summed E-state index contributed by atoms with van der Waals surface area (Å²) in [6, 6.07) is 3.85. The van der Waals surface area contributed by atoms with Crippen LogP contribution in [0.25, 0.3) is 11.0 Å². The second-order valence-corrected chi connectivity index (χ2v) is 5.49. The van der Waals surface area contributed by atoms with Gasteiger partial charge in [0.1, 0.15) is 5.82 Å². The van der Waals surface area contributed by atoms with E-state index in [0.717, 1.165) is 36.5 Å². The van der Waals surface area contributed by atoms with Gasteiger partial charge < -0.3 is 15.2 Å². The minimum atomic E-state index is 0.230. The van der Waals surface area contributed by atoms with E-state index in [9.17, 15) is 0 Å². The Balaban J connectivity index is 1.97. The fourth-order valence-corrected chi connectivity index (χ4v) is 2.59. The Hall–Kier alpha value is -0.810. The topological polar surface area (TPSA) is 44.0 Å². The number of likely N-dealkylation sites (N-methyl/N-ethyl adjacent to an activating group) is 1. The summed E-state index contributed by atoms with van der Waals surface area (Å²) >= 11 is 12.0. The van der Waals surface area contributed by atoms with Crippen molar-refractivity contribution < 1.29 is 0 Å². The summed E-state index contributed by atoms with van der Waals surface area (Å²) < 4.78 is 0. The lowest BCUT2D eigenvalue weighted by atomic mass is 10.2. The van der Waals surface area contributed by atoms with Crippen LogP contribution in [0.15, 0.2) is 12.1 Å². The lowest BCUT2D eigenvalue weighted by molar-refractivity contribution is 0.236. The summed E-state index contributed by atoms with van der Waals surface area (Å²) in [5.74, 6) is 0.940. The molecular formula is C12H14Cl2N4. The molecule has 1 aromatic carbocycles. The van der Waals surface area contributed by atoms with Gasteiger partial charge in [-0.2, -0.15) is 0 Å². The number of aromatic amines is 1. The van der Waals surface area contributed by atoms with Crippen LogP contribution in [0, 0.1) is 0 Å². The van der Waals surface area contributed by atoms with E-state index < -0.39 is 0 Å². The molecule has 18 heavy (non-hydrogen) atoms. The average Bonchev–Trinajstić information content (AvgIpc) is 2.73. The number of nitrogens with zero attached hydrogens (tertiary/aromatic N) is 2. The van der Waals surface area contributed by atoms with Crippen LogP contribution in [0.5, 0.6) is 0 Å². The van der Waals surface area contributed by atoms with Crippen molar-refractivity contribution in [3.05, 3.63) is 28.0 Å². The lowest BCUT2D eigenvalue weighted by Gasteiger charge is -2.29. The molecule has 0 saturated carbocycles.